The second-order valence-electron chi connectivity index (χ2n) is 5.51. The number of amides is 1. The molecule has 5 heteroatoms. The van der Waals surface area contributed by atoms with Crippen LogP contribution in [0, 0.1) is 5.21 Å². The Bertz CT molecular complexity index is 500. The summed E-state index contributed by atoms with van der Waals surface area (Å²) < 4.78 is 0. The van der Waals surface area contributed by atoms with Crippen molar-refractivity contribution in [1.82, 2.24) is 10.2 Å². The van der Waals surface area contributed by atoms with E-state index in [-0.39, 0.29) is 11.9 Å². The maximum Gasteiger partial charge on any atom is 0.251 e. The Morgan fingerprint density at radius 1 is 1.43 bits per heavy atom. The molecule has 1 aliphatic heterocycles. The number of hydroxylamine groups is 1. The standard InChI is InChI=1S/C16H24N3O2/c1-4-18(5-2)9-8-17-16(20)14-7-6-13-10-12(3)19(21)15(13)11-14/h6-7,11-12H,4-5,8-10H2,1-3H3,(H,17,20)/q-1. The summed E-state index contributed by atoms with van der Waals surface area (Å²) in [4.78, 5) is 14.4. The third-order valence-electron chi connectivity index (χ3n) is 4.11. The van der Waals surface area contributed by atoms with Gasteiger partial charge in [-0.2, -0.15) is 0 Å². The van der Waals surface area contributed by atoms with E-state index in [0.717, 1.165) is 36.7 Å². The van der Waals surface area contributed by atoms with Crippen molar-refractivity contribution in [2.24, 2.45) is 0 Å². The minimum atomic E-state index is -0.113. The monoisotopic (exact) mass is 290 g/mol. The van der Waals surface area contributed by atoms with Crippen LogP contribution in [0.15, 0.2) is 18.2 Å². The molecule has 0 fully saturated rings. The SMILES string of the molecule is CCN(CC)CCNC(=O)c1ccc2c(c1)N([O-])C(C)C2. The number of benzene rings is 1. The van der Waals surface area contributed by atoms with Crippen LogP contribution in [-0.2, 0) is 6.42 Å². The highest BCUT2D eigenvalue weighted by molar-refractivity contribution is 5.95. The molecule has 0 radical (unpaired) electrons. The molecule has 0 saturated carbocycles. The van der Waals surface area contributed by atoms with Gasteiger partial charge in [-0.1, -0.05) is 19.9 Å². The fraction of sp³-hybridized carbons (Fsp3) is 0.562. The van der Waals surface area contributed by atoms with Gasteiger partial charge in [0.05, 0.1) is 0 Å². The molecule has 0 aliphatic carbocycles. The summed E-state index contributed by atoms with van der Waals surface area (Å²) >= 11 is 0. The van der Waals surface area contributed by atoms with Crippen molar-refractivity contribution in [3.05, 3.63) is 34.5 Å². The summed E-state index contributed by atoms with van der Waals surface area (Å²) in [6.07, 6.45) is 0.753. The second-order valence-corrected chi connectivity index (χ2v) is 5.51. The Labute approximate surface area is 126 Å². The van der Waals surface area contributed by atoms with E-state index in [1.54, 1.807) is 12.1 Å². The molecular weight excluding hydrogens is 266 g/mol. The zero-order chi connectivity index (χ0) is 15.4. The summed E-state index contributed by atoms with van der Waals surface area (Å²) in [5.74, 6) is -0.113. The summed E-state index contributed by atoms with van der Waals surface area (Å²) in [5.41, 5.74) is 2.22. The Kier molecular flexibility index (Phi) is 5.20. The third kappa shape index (κ3) is 3.54. The second kappa shape index (κ2) is 6.91. The van der Waals surface area contributed by atoms with E-state index in [4.69, 9.17) is 0 Å². The smallest absolute Gasteiger partial charge is 0.251 e. The van der Waals surface area contributed by atoms with Gasteiger partial charge in [0.15, 0.2) is 0 Å². The van der Waals surface area contributed by atoms with E-state index < -0.39 is 0 Å². The van der Waals surface area contributed by atoms with E-state index in [0.29, 0.717) is 17.8 Å². The molecule has 2 rings (SSSR count). The molecule has 1 amide bonds. The zero-order valence-electron chi connectivity index (χ0n) is 13.1. The Hall–Kier alpha value is -1.59. The van der Waals surface area contributed by atoms with Crippen molar-refractivity contribution in [3.63, 3.8) is 0 Å². The number of carbonyl (C=O) groups is 1. The van der Waals surface area contributed by atoms with Gasteiger partial charge in [-0.3, -0.25) is 4.79 Å². The molecule has 1 unspecified atom stereocenters. The topological polar surface area (TPSA) is 58.6 Å². The molecule has 116 valence electrons. The van der Waals surface area contributed by atoms with Crippen LogP contribution in [-0.4, -0.2) is 43.0 Å². The normalized spacial score (nSPS) is 17.2. The maximum absolute atomic E-state index is 12.1. The number of nitrogens with one attached hydrogen (secondary N) is 1. The van der Waals surface area contributed by atoms with Crippen LogP contribution < -0.4 is 10.4 Å². The highest BCUT2D eigenvalue weighted by Gasteiger charge is 2.20. The van der Waals surface area contributed by atoms with E-state index in [2.05, 4.69) is 24.1 Å². The number of hydrogen-bond donors (Lipinski definition) is 1. The number of rotatable bonds is 6. The molecule has 21 heavy (non-hydrogen) atoms. The average Bonchev–Trinajstić information content (AvgIpc) is 2.78. The van der Waals surface area contributed by atoms with Crippen LogP contribution in [0.4, 0.5) is 5.69 Å². The van der Waals surface area contributed by atoms with E-state index in [1.807, 2.05) is 13.0 Å². The van der Waals surface area contributed by atoms with Crippen molar-refractivity contribution in [2.45, 2.75) is 33.2 Å². The van der Waals surface area contributed by atoms with Crippen LogP contribution in [0.5, 0.6) is 0 Å². The molecule has 1 atom stereocenters. The largest absolute Gasteiger partial charge is 0.758 e. The summed E-state index contributed by atoms with van der Waals surface area (Å²) in [7, 11) is 0. The van der Waals surface area contributed by atoms with Gasteiger partial charge >= 0.3 is 0 Å². The predicted octanol–water partition coefficient (Wildman–Crippen LogP) is 2.01. The van der Waals surface area contributed by atoms with Gasteiger partial charge in [0.1, 0.15) is 0 Å². The Balaban J connectivity index is 1.95. The van der Waals surface area contributed by atoms with E-state index >= 15 is 0 Å². The third-order valence-corrected chi connectivity index (χ3v) is 4.11. The van der Waals surface area contributed by atoms with Gasteiger partial charge < -0.3 is 20.5 Å². The lowest BCUT2D eigenvalue weighted by Crippen LogP contribution is -2.34. The first kappa shape index (κ1) is 15.8. The minimum Gasteiger partial charge on any atom is -0.758 e. The van der Waals surface area contributed by atoms with Crippen LogP contribution in [0.3, 0.4) is 0 Å². The molecule has 0 saturated heterocycles. The molecule has 1 aromatic rings. The highest BCUT2D eigenvalue weighted by atomic mass is 16.5. The number of anilines is 1. The first-order chi connectivity index (χ1) is 10.1. The van der Waals surface area contributed by atoms with Crippen LogP contribution >= 0.6 is 0 Å². The lowest BCUT2D eigenvalue weighted by atomic mass is 10.1. The molecule has 0 bridgehead atoms. The van der Waals surface area contributed by atoms with Crippen molar-refractivity contribution in [1.29, 1.82) is 0 Å². The predicted molar refractivity (Wildman–Crippen MR) is 85.6 cm³/mol. The van der Waals surface area contributed by atoms with E-state index in [1.165, 1.54) is 0 Å². The van der Waals surface area contributed by atoms with Crippen molar-refractivity contribution in [2.75, 3.05) is 31.2 Å². The van der Waals surface area contributed by atoms with Gasteiger partial charge in [0, 0.05) is 30.4 Å². The van der Waals surface area contributed by atoms with Crippen LogP contribution in [0.1, 0.15) is 36.7 Å². The van der Waals surface area contributed by atoms with Crippen LogP contribution in [0.25, 0.3) is 0 Å². The number of likely N-dealkylation sites (N-methyl/N-ethyl adjacent to an activating group) is 1. The minimum absolute atomic E-state index is 0.0408. The fourth-order valence-electron chi connectivity index (χ4n) is 2.69. The number of hydrogen-bond acceptors (Lipinski definition) is 4. The zero-order valence-corrected chi connectivity index (χ0v) is 13.1. The molecule has 1 heterocycles. The maximum atomic E-state index is 12.1. The number of nitrogens with zero attached hydrogens (tertiary/aromatic N) is 2. The van der Waals surface area contributed by atoms with Gasteiger partial charge in [0.25, 0.3) is 5.91 Å². The van der Waals surface area contributed by atoms with Crippen molar-refractivity contribution >= 4 is 11.6 Å². The molecule has 1 aliphatic rings. The molecule has 0 aromatic heterocycles. The van der Waals surface area contributed by atoms with Gasteiger partial charge in [-0.25, -0.2) is 0 Å². The van der Waals surface area contributed by atoms with Gasteiger partial charge in [0.2, 0.25) is 0 Å². The number of fused-ring (bicyclic) bond motifs is 1. The first-order valence-corrected chi connectivity index (χ1v) is 7.66. The lowest BCUT2D eigenvalue weighted by molar-refractivity contribution is 0.0949. The van der Waals surface area contributed by atoms with E-state index in [9.17, 15) is 10.0 Å². The van der Waals surface area contributed by atoms with Gasteiger partial charge in [-0.05, 0) is 44.1 Å². The molecular formula is C16H24N3O2-. The molecule has 0 spiro atoms. The summed E-state index contributed by atoms with van der Waals surface area (Å²) in [5, 5.41) is 15.8. The fourth-order valence-corrected chi connectivity index (χ4v) is 2.69. The Morgan fingerprint density at radius 3 is 2.81 bits per heavy atom. The Morgan fingerprint density at radius 2 is 2.14 bits per heavy atom. The number of carbonyl (C=O) groups excluding carboxylic acids is 1. The lowest BCUT2D eigenvalue weighted by Gasteiger charge is -2.31. The molecule has 1 N–H and O–H groups in total. The highest BCUT2D eigenvalue weighted by Crippen LogP contribution is 2.31. The van der Waals surface area contributed by atoms with Crippen molar-refractivity contribution < 1.29 is 4.79 Å². The van der Waals surface area contributed by atoms with Crippen LogP contribution in [0.2, 0.25) is 0 Å². The first-order valence-electron chi connectivity index (χ1n) is 7.66. The van der Waals surface area contributed by atoms with Crippen molar-refractivity contribution in [3.8, 4) is 0 Å². The summed E-state index contributed by atoms with van der Waals surface area (Å²) in [6, 6.07) is 5.36. The molecule has 5 nitrogen and oxygen atoms in total. The summed E-state index contributed by atoms with van der Waals surface area (Å²) in [6.45, 7) is 9.54. The quantitative estimate of drug-likeness (QED) is 0.870. The average molecular weight is 290 g/mol. The molecule has 1 aromatic carbocycles. The van der Waals surface area contributed by atoms with Gasteiger partial charge in [-0.15, -0.1) is 0 Å².